The zero-order valence-corrected chi connectivity index (χ0v) is 42.2. The molecule has 0 aromatic heterocycles. The second kappa shape index (κ2) is 21.4. The highest BCUT2D eigenvalue weighted by Gasteiger charge is 2.35. The first-order chi connectivity index (χ1) is 34.1. The Balaban J connectivity index is 0.000000134. The summed E-state index contributed by atoms with van der Waals surface area (Å²) in [6.07, 6.45) is 4.56. The van der Waals surface area contributed by atoms with Crippen LogP contribution in [-0.2, 0) is 18.3 Å². The van der Waals surface area contributed by atoms with Crippen molar-refractivity contribution in [1.82, 2.24) is 0 Å². The fourth-order valence-electron chi connectivity index (χ4n) is 10.5. The van der Waals surface area contributed by atoms with Gasteiger partial charge in [-0.2, -0.15) is 0 Å². The first kappa shape index (κ1) is 47.5. The molecule has 0 nitrogen and oxygen atoms in total. The summed E-state index contributed by atoms with van der Waals surface area (Å²) in [4.78, 5) is 0. The Bertz CT molecular complexity index is 3350. The third-order valence-corrected chi connectivity index (χ3v) is 14.2. The van der Waals surface area contributed by atoms with Crippen LogP contribution in [0.4, 0.5) is 0 Å². The van der Waals surface area contributed by atoms with Crippen molar-refractivity contribution in [2.75, 3.05) is 0 Å². The van der Waals surface area contributed by atoms with Crippen LogP contribution >= 0.6 is 0 Å². The van der Waals surface area contributed by atoms with Crippen LogP contribution in [0.15, 0.2) is 224 Å². The average molecular weight is 907 g/mol. The third kappa shape index (κ3) is 10.1. The Labute approximate surface area is 418 Å². The van der Waals surface area contributed by atoms with Gasteiger partial charge in [0.15, 0.2) is 0 Å². The highest BCUT2D eigenvalue weighted by molar-refractivity contribution is 5.98. The van der Waals surface area contributed by atoms with Crippen molar-refractivity contribution in [3.8, 4) is 66.8 Å². The predicted molar refractivity (Wildman–Crippen MR) is 304 cm³/mol. The van der Waals surface area contributed by atoms with Gasteiger partial charge in [-0.1, -0.05) is 270 Å². The molecule has 10 aromatic carbocycles. The summed E-state index contributed by atoms with van der Waals surface area (Å²) in [6.45, 7) is 15.7. The van der Waals surface area contributed by atoms with Gasteiger partial charge in [-0.25, -0.2) is 0 Å². The summed E-state index contributed by atoms with van der Waals surface area (Å²) in [5, 5.41) is 2.75. The molecule has 1 aliphatic rings. The minimum absolute atomic E-state index is 0.0709. The standard InChI is InChI=1S/C29H28.C22H20.C19H18/c1-4-8-28-27(11-7-12-29(28)26-10-6-5-9-22(26)3)25-19-17-24(18-20-25)23-15-13-21(2)14-16-23;1-15-9-11-18-19-12-10-17(16-7-5-4-6-8-16)14-21(19)22(2,3)20(18)13-15;1-2-8-15-13-14-18(16-9-4-3-5-10-16)19-12-7-6-11-17(15)19/h5-7,9-20H,4,8H2,1-3H3;4-14H,1-3H3;3-7,9-14H,2,8H2,1H3. The minimum Gasteiger partial charge on any atom is -0.0651 e. The topological polar surface area (TPSA) is 0 Å². The van der Waals surface area contributed by atoms with Crippen LogP contribution in [0.5, 0.6) is 0 Å². The Hall–Kier alpha value is -7.54. The maximum Gasteiger partial charge on any atom is 0.0159 e. The third-order valence-electron chi connectivity index (χ3n) is 14.2. The molecule has 0 fully saturated rings. The Kier molecular flexibility index (Phi) is 14.5. The van der Waals surface area contributed by atoms with E-state index in [1.165, 1.54) is 123 Å². The number of aryl methyl sites for hydroxylation is 4. The molecule has 1 aliphatic carbocycles. The largest absolute Gasteiger partial charge is 0.0651 e. The van der Waals surface area contributed by atoms with E-state index in [-0.39, 0.29) is 5.41 Å². The monoisotopic (exact) mass is 907 g/mol. The highest BCUT2D eigenvalue weighted by atomic mass is 14.4. The Morgan fingerprint density at radius 1 is 0.314 bits per heavy atom. The van der Waals surface area contributed by atoms with Gasteiger partial charge < -0.3 is 0 Å². The van der Waals surface area contributed by atoms with Crippen LogP contribution in [0.25, 0.3) is 77.5 Å². The van der Waals surface area contributed by atoms with E-state index < -0.39 is 0 Å². The van der Waals surface area contributed by atoms with E-state index in [2.05, 4.69) is 273 Å². The predicted octanol–water partition coefficient (Wildman–Crippen LogP) is 19.7. The van der Waals surface area contributed by atoms with Crippen molar-refractivity contribution in [3.05, 3.63) is 263 Å². The molecule has 0 unspecified atom stereocenters. The number of rotatable bonds is 9. The summed E-state index contributed by atoms with van der Waals surface area (Å²) in [5.41, 5.74) is 25.7. The average Bonchev–Trinajstić information content (AvgIpc) is 3.62. The van der Waals surface area contributed by atoms with Crippen LogP contribution in [0.1, 0.15) is 79.5 Å². The molecule has 0 amide bonds. The molecule has 0 atom stereocenters. The van der Waals surface area contributed by atoms with Crippen LogP contribution in [0, 0.1) is 20.8 Å². The molecule has 0 N–H and O–H groups in total. The minimum atomic E-state index is 0.0709. The van der Waals surface area contributed by atoms with Gasteiger partial charge in [-0.3, -0.25) is 0 Å². The number of hydrogen-bond acceptors (Lipinski definition) is 0. The van der Waals surface area contributed by atoms with E-state index in [9.17, 15) is 0 Å². The molecule has 0 bridgehead atoms. The summed E-state index contributed by atoms with van der Waals surface area (Å²) in [6, 6.07) is 81.5. The molecular formula is C70H66. The lowest BCUT2D eigenvalue weighted by Gasteiger charge is -2.22. The molecule has 0 heterocycles. The van der Waals surface area contributed by atoms with Crippen molar-refractivity contribution in [2.45, 2.75) is 79.6 Å². The van der Waals surface area contributed by atoms with Gasteiger partial charge in [-0.05, 0) is 145 Å². The van der Waals surface area contributed by atoms with Crippen molar-refractivity contribution in [3.63, 3.8) is 0 Å². The second-order valence-corrected chi connectivity index (χ2v) is 19.6. The van der Waals surface area contributed by atoms with Crippen molar-refractivity contribution < 1.29 is 0 Å². The Morgan fingerprint density at radius 2 is 0.786 bits per heavy atom. The van der Waals surface area contributed by atoms with Crippen LogP contribution in [-0.4, -0.2) is 0 Å². The highest BCUT2D eigenvalue weighted by Crippen LogP contribution is 2.50. The molecule has 0 radical (unpaired) electrons. The SMILES string of the molecule is CCCc1c(-c2ccc(-c3ccc(C)cc3)cc2)cccc1-c1ccccc1C.CCCc1ccc(-c2ccccc2)c2ccccc12.Cc1ccc2c(c1)C(C)(C)c1cc(-c3ccccc3)ccc1-2. The first-order valence-corrected chi connectivity index (χ1v) is 25.4. The van der Waals surface area contributed by atoms with Gasteiger partial charge in [-0.15, -0.1) is 0 Å². The lowest BCUT2D eigenvalue weighted by Crippen LogP contribution is -2.15. The molecule has 0 saturated carbocycles. The molecular weight excluding hydrogens is 841 g/mol. The van der Waals surface area contributed by atoms with Gasteiger partial charge in [0.2, 0.25) is 0 Å². The molecule has 0 spiro atoms. The molecule has 0 saturated heterocycles. The van der Waals surface area contributed by atoms with Gasteiger partial charge in [0.05, 0.1) is 0 Å². The van der Waals surface area contributed by atoms with Crippen LogP contribution in [0.3, 0.4) is 0 Å². The van der Waals surface area contributed by atoms with E-state index in [1.807, 2.05) is 0 Å². The van der Waals surface area contributed by atoms with Gasteiger partial charge in [0.1, 0.15) is 0 Å². The number of hydrogen-bond donors (Lipinski definition) is 0. The van der Waals surface area contributed by atoms with E-state index in [4.69, 9.17) is 0 Å². The zero-order valence-electron chi connectivity index (χ0n) is 42.2. The summed E-state index contributed by atoms with van der Waals surface area (Å²) >= 11 is 0. The van der Waals surface area contributed by atoms with Gasteiger partial charge in [0, 0.05) is 5.41 Å². The first-order valence-electron chi connectivity index (χ1n) is 25.4. The lowest BCUT2D eigenvalue weighted by molar-refractivity contribution is 0.660. The maximum absolute atomic E-state index is 2.38. The summed E-state index contributed by atoms with van der Waals surface area (Å²) in [7, 11) is 0. The van der Waals surface area contributed by atoms with E-state index in [0.29, 0.717) is 0 Å². The summed E-state index contributed by atoms with van der Waals surface area (Å²) in [5.74, 6) is 0. The van der Waals surface area contributed by atoms with E-state index in [1.54, 1.807) is 0 Å². The molecule has 0 heteroatoms. The molecule has 10 aromatic rings. The van der Waals surface area contributed by atoms with E-state index >= 15 is 0 Å². The fourth-order valence-corrected chi connectivity index (χ4v) is 10.5. The van der Waals surface area contributed by atoms with E-state index in [0.717, 1.165) is 19.3 Å². The summed E-state index contributed by atoms with van der Waals surface area (Å²) < 4.78 is 0. The van der Waals surface area contributed by atoms with Gasteiger partial charge in [0.25, 0.3) is 0 Å². The maximum atomic E-state index is 2.38. The Morgan fingerprint density at radius 3 is 1.46 bits per heavy atom. The molecule has 70 heavy (non-hydrogen) atoms. The smallest absolute Gasteiger partial charge is 0.0159 e. The molecule has 11 rings (SSSR count). The number of benzene rings is 10. The van der Waals surface area contributed by atoms with Crippen molar-refractivity contribution in [2.24, 2.45) is 0 Å². The van der Waals surface area contributed by atoms with Crippen molar-refractivity contribution in [1.29, 1.82) is 0 Å². The fraction of sp³-hybridized carbons (Fsp3) is 0.171. The quantitative estimate of drug-likeness (QED) is 0.135. The van der Waals surface area contributed by atoms with Gasteiger partial charge >= 0.3 is 0 Å². The van der Waals surface area contributed by atoms with Crippen molar-refractivity contribution >= 4 is 10.8 Å². The zero-order chi connectivity index (χ0) is 48.6. The molecule has 0 aliphatic heterocycles. The molecule has 346 valence electrons. The van der Waals surface area contributed by atoms with Crippen LogP contribution < -0.4 is 0 Å². The lowest BCUT2D eigenvalue weighted by atomic mass is 9.81. The number of fused-ring (bicyclic) bond motifs is 4. The van der Waals surface area contributed by atoms with Crippen LogP contribution in [0.2, 0.25) is 0 Å². The normalized spacial score (nSPS) is 12.0. The second-order valence-electron chi connectivity index (χ2n) is 19.6.